The van der Waals surface area contributed by atoms with Gasteiger partial charge in [-0.05, 0) is 67.6 Å². The topological polar surface area (TPSA) is 61.4 Å². The summed E-state index contributed by atoms with van der Waals surface area (Å²) < 4.78 is 0. The Labute approximate surface area is 177 Å². The van der Waals surface area contributed by atoms with Crippen molar-refractivity contribution in [3.8, 4) is 0 Å². The number of aryl methyl sites for hydroxylation is 2. The molecule has 5 nitrogen and oxygen atoms in total. The molecule has 1 aliphatic rings. The van der Waals surface area contributed by atoms with E-state index in [4.69, 9.17) is 11.6 Å². The lowest BCUT2D eigenvalue weighted by molar-refractivity contribution is -0.121. The van der Waals surface area contributed by atoms with Crippen LogP contribution < -0.4 is 10.6 Å². The van der Waals surface area contributed by atoms with Crippen LogP contribution in [-0.4, -0.2) is 42.4 Å². The third kappa shape index (κ3) is 6.31. The van der Waals surface area contributed by atoms with Gasteiger partial charge in [-0.25, -0.2) is 0 Å². The van der Waals surface area contributed by atoms with E-state index >= 15 is 0 Å². The van der Waals surface area contributed by atoms with Gasteiger partial charge in [0.25, 0.3) is 5.91 Å². The van der Waals surface area contributed by atoms with Crippen molar-refractivity contribution >= 4 is 23.4 Å². The Hall–Kier alpha value is -2.37. The number of piperidine rings is 1. The second-order valence-electron chi connectivity index (χ2n) is 7.73. The third-order valence-electron chi connectivity index (χ3n) is 5.45. The lowest BCUT2D eigenvalue weighted by Crippen LogP contribution is -2.47. The molecule has 1 heterocycles. The van der Waals surface area contributed by atoms with Crippen molar-refractivity contribution in [3.63, 3.8) is 0 Å². The number of carbonyl (C=O) groups is 2. The lowest BCUT2D eigenvalue weighted by atomic mass is 10.0. The molecule has 2 N–H and O–H groups in total. The maximum absolute atomic E-state index is 12.2. The van der Waals surface area contributed by atoms with Crippen molar-refractivity contribution in [3.05, 3.63) is 69.7 Å². The Bertz CT molecular complexity index is 859. The average molecular weight is 414 g/mol. The molecule has 0 unspecified atom stereocenters. The summed E-state index contributed by atoms with van der Waals surface area (Å²) in [5.41, 5.74) is 4.02. The number of halogens is 1. The summed E-state index contributed by atoms with van der Waals surface area (Å²) in [7, 11) is 0. The molecule has 3 rings (SSSR count). The first-order valence-corrected chi connectivity index (χ1v) is 10.4. The summed E-state index contributed by atoms with van der Waals surface area (Å²) in [5.74, 6) is -0.362. The van der Waals surface area contributed by atoms with Crippen LogP contribution in [0.5, 0.6) is 0 Å². The number of hydrogen-bond acceptors (Lipinski definition) is 3. The fourth-order valence-electron chi connectivity index (χ4n) is 3.51. The highest BCUT2D eigenvalue weighted by atomic mass is 35.5. The minimum absolute atomic E-state index is 0.00323. The van der Waals surface area contributed by atoms with Gasteiger partial charge in [0.15, 0.2) is 0 Å². The van der Waals surface area contributed by atoms with E-state index < -0.39 is 0 Å². The second kappa shape index (κ2) is 9.90. The van der Waals surface area contributed by atoms with Crippen molar-refractivity contribution in [1.82, 2.24) is 15.5 Å². The van der Waals surface area contributed by atoms with Gasteiger partial charge in [0.1, 0.15) is 0 Å². The molecule has 6 heteroatoms. The molecule has 0 aromatic heterocycles. The molecule has 0 aliphatic carbocycles. The van der Waals surface area contributed by atoms with E-state index in [1.165, 1.54) is 5.56 Å². The van der Waals surface area contributed by atoms with Gasteiger partial charge in [-0.2, -0.15) is 0 Å². The largest absolute Gasteiger partial charge is 0.352 e. The zero-order valence-electron chi connectivity index (χ0n) is 17.0. The molecule has 0 atom stereocenters. The molecule has 2 amide bonds. The molecular weight excluding hydrogens is 386 g/mol. The summed E-state index contributed by atoms with van der Waals surface area (Å²) >= 11 is 5.94. The molecular formula is C23H28ClN3O2. The summed E-state index contributed by atoms with van der Waals surface area (Å²) in [6, 6.07) is 13.6. The van der Waals surface area contributed by atoms with Crippen LogP contribution in [0.1, 0.15) is 39.9 Å². The summed E-state index contributed by atoms with van der Waals surface area (Å²) in [4.78, 5) is 26.8. The number of amides is 2. The number of benzene rings is 2. The van der Waals surface area contributed by atoms with Gasteiger partial charge >= 0.3 is 0 Å². The van der Waals surface area contributed by atoms with Crippen molar-refractivity contribution in [2.45, 2.75) is 39.3 Å². The Morgan fingerprint density at radius 2 is 1.72 bits per heavy atom. The van der Waals surface area contributed by atoms with Gasteiger partial charge in [0, 0.05) is 36.3 Å². The number of hydrogen-bond donors (Lipinski definition) is 2. The average Bonchev–Trinajstić information content (AvgIpc) is 2.71. The van der Waals surface area contributed by atoms with Crippen molar-refractivity contribution in [2.24, 2.45) is 0 Å². The number of nitrogens with one attached hydrogen (secondary N) is 2. The molecule has 0 spiro atoms. The van der Waals surface area contributed by atoms with Crippen LogP contribution in [0, 0.1) is 13.8 Å². The monoisotopic (exact) mass is 413 g/mol. The van der Waals surface area contributed by atoms with E-state index in [0.29, 0.717) is 5.56 Å². The van der Waals surface area contributed by atoms with Crippen molar-refractivity contribution in [1.29, 1.82) is 0 Å². The molecule has 0 saturated carbocycles. The molecule has 1 saturated heterocycles. The Kier molecular flexibility index (Phi) is 7.29. The van der Waals surface area contributed by atoms with Crippen LogP contribution in [0.15, 0.2) is 42.5 Å². The molecule has 1 fully saturated rings. The Balaban J connectivity index is 1.38. The molecule has 154 valence electrons. The summed E-state index contributed by atoms with van der Waals surface area (Å²) in [6.45, 7) is 6.73. The zero-order chi connectivity index (χ0) is 20.8. The number of carbonyl (C=O) groups excluding carboxylic acids is 2. The van der Waals surface area contributed by atoms with Crippen LogP contribution in [0.25, 0.3) is 0 Å². The normalized spacial score (nSPS) is 15.1. The fourth-order valence-corrected chi connectivity index (χ4v) is 3.63. The SMILES string of the molecule is Cc1ccc(C(=O)NCC(=O)NC2CCN(Cc3ccc(Cl)cc3)CC2)cc1C. The molecule has 1 aliphatic heterocycles. The lowest BCUT2D eigenvalue weighted by Gasteiger charge is -2.32. The predicted octanol–water partition coefficient (Wildman–Crippen LogP) is 3.47. The highest BCUT2D eigenvalue weighted by molar-refractivity contribution is 6.30. The van der Waals surface area contributed by atoms with Crippen LogP contribution in [-0.2, 0) is 11.3 Å². The number of nitrogens with zero attached hydrogens (tertiary/aromatic N) is 1. The highest BCUT2D eigenvalue weighted by Gasteiger charge is 2.21. The van der Waals surface area contributed by atoms with Gasteiger partial charge < -0.3 is 10.6 Å². The minimum Gasteiger partial charge on any atom is -0.352 e. The van der Waals surface area contributed by atoms with E-state index in [1.807, 2.05) is 38.1 Å². The van der Waals surface area contributed by atoms with Crippen LogP contribution >= 0.6 is 11.6 Å². The van der Waals surface area contributed by atoms with Crippen molar-refractivity contribution < 1.29 is 9.59 Å². The van der Waals surface area contributed by atoms with Crippen LogP contribution in [0.4, 0.5) is 0 Å². The highest BCUT2D eigenvalue weighted by Crippen LogP contribution is 2.16. The van der Waals surface area contributed by atoms with Crippen molar-refractivity contribution in [2.75, 3.05) is 19.6 Å². The zero-order valence-corrected chi connectivity index (χ0v) is 17.8. The first-order chi connectivity index (χ1) is 13.9. The maximum atomic E-state index is 12.2. The molecule has 2 aromatic rings. The van der Waals surface area contributed by atoms with Crippen LogP contribution in [0.2, 0.25) is 5.02 Å². The van der Waals surface area contributed by atoms with Gasteiger partial charge in [-0.15, -0.1) is 0 Å². The number of rotatable bonds is 6. The van der Waals surface area contributed by atoms with Gasteiger partial charge in [-0.1, -0.05) is 29.8 Å². The maximum Gasteiger partial charge on any atom is 0.251 e. The van der Waals surface area contributed by atoms with E-state index in [9.17, 15) is 9.59 Å². The van der Waals surface area contributed by atoms with Gasteiger partial charge in [0.05, 0.1) is 6.54 Å². The first kappa shape index (κ1) is 21.3. The predicted molar refractivity (Wildman–Crippen MR) is 116 cm³/mol. The first-order valence-electron chi connectivity index (χ1n) is 10.0. The van der Waals surface area contributed by atoms with E-state index in [2.05, 4.69) is 27.7 Å². The summed E-state index contributed by atoms with van der Waals surface area (Å²) in [6.07, 6.45) is 1.81. The minimum atomic E-state index is -0.221. The van der Waals surface area contributed by atoms with Gasteiger partial charge in [0.2, 0.25) is 5.91 Å². The standard InChI is InChI=1S/C23H28ClN3O2/c1-16-3-6-19(13-17(16)2)23(29)25-14-22(28)26-21-9-11-27(12-10-21)15-18-4-7-20(24)8-5-18/h3-8,13,21H,9-12,14-15H2,1-2H3,(H,25,29)(H,26,28). The fraction of sp³-hybridized carbons (Fsp3) is 0.391. The second-order valence-corrected chi connectivity index (χ2v) is 8.16. The summed E-state index contributed by atoms with van der Waals surface area (Å²) in [5, 5.41) is 6.50. The molecule has 2 aromatic carbocycles. The van der Waals surface area contributed by atoms with E-state index in [0.717, 1.165) is 48.6 Å². The molecule has 0 radical (unpaired) electrons. The molecule has 29 heavy (non-hydrogen) atoms. The van der Waals surface area contributed by atoms with Crippen LogP contribution in [0.3, 0.4) is 0 Å². The quantitative estimate of drug-likeness (QED) is 0.762. The number of likely N-dealkylation sites (tertiary alicyclic amines) is 1. The smallest absolute Gasteiger partial charge is 0.251 e. The Morgan fingerprint density at radius 3 is 2.38 bits per heavy atom. The van der Waals surface area contributed by atoms with Gasteiger partial charge in [-0.3, -0.25) is 14.5 Å². The van der Waals surface area contributed by atoms with E-state index in [-0.39, 0.29) is 24.4 Å². The Morgan fingerprint density at radius 1 is 1.03 bits per heavy atom. The third-order valence-corrected chi connectivity index (χ3v) is 5.70. The molecule has 0 bridgehead atoms. The van der Waals surface area contributed by atoms with E-state index in [1.54, 1.807) is 6.07 Å².